The molecule has 0 radical (unpaired) electrons. The topological polar surface area (TPSA) is 17.1 Å². The first-order chi connectivity index (χ1) is 13.2. The molecule has 2 aliphatic rings. The minimum Gasteiger partial charge on any atom is -0.292 e. The second kappa shape index (κ2) is 10.1. The van der Waals surface area contributed by atoms with Crippen molar-refractivity contribution in [2.24, 2.45) is 5.92 Å². The molecule has 0 saturated heterocycles. The smallest absolute Gasteiger partial charge is 0.181 e. The number of rotatable bonds is 10. The summed E-state index contributed by atoms with van der Waals surface area (Å²) in [6, 6.07) is 0. The molecular weight excluding hydrogens is 396 g/mol. The van der Waals surface area contributed by atoms with Crippen molar-refractivity contribution in [2.45, 2.75) is 115 Å². The van der Waals surface area contributed by atoms with Gasteiger partial charge in [-0.25, -0.2) is 0 Å². The second-order valence-corrected chi connectivity index (χ2v) is 18.6. The molecule has 162 valence electrons. The zero-order valence-corrected chi connectivity index (χ0v) is 22.3. The molecule has 1 atom stereocenters. The highest BCUT2D eigenvalue weighted by molar-refractivity contribution is 8.19. The van der Waals surface area contributed by atoms with Gasteiger partial charge in [-0.1, -0.05) is 67.4 Å². The van der Waals surface area contributed by atoms with E-state index in [2.05, 4.69) is 55.4 Å². The molecular formula is C24H44OS2Si. The molecule has 2 rings (SSSR count). The van der Waals surface area contributed by atoms with Crippen LogP contribution in [0.5, 0.6) is 0 Å². The highest BCUT2D eigenvalue weighted by Gasteiger charge is 2.61. The average molecular weight is 441 g/mol. The Hall–Kier alpha value is 0.327. The van der Waals surface area contributed by atoms with Gasteiger partial charge in [-0.2, -0.15) is 0 Å². The second-order valence-electron chi connectivity index (χ2n) is 9.79. The van der Waals surface area contributed by atoms with Gasteiger partial charge in [0.25, 0.3) is 0 Å². The van der Waals surface area contributed by atoms with Crippen LogP contribution in [0.2, 0.25) is 16.6 Å². The van der Waals surface area contributed by atoms with Crippen LogP contribution in [-0.4, -0.2) is 29.4 Å². The van der Waals surface area contributed by atoms with Crippen LogP contribution in [0.4, 0.5) is 0 Å². The number of hydrogen-bond acceptors (Lipinski definition) is 3. The largest absolute Gasteiger partial charge is 0.292 e. The van der Waals surface area contributed by atoms with Crippen LogP contribution >= 0.6 is 23.5 Å². The third-order valence-electron chi connectivity index (χ3n) is 7.27. The summed E-state index contributed by atoms with van der Waals surface area (Å²) in [5, 5.41) is 1.42. The summed E-state index contributed by atoms with van der Waals surface area (Å²) < 4.78 is -0.214. The first-order valence-corrected chi connectivity index (χ1v) is 16.0. The maximum Gasteiger partial charge on any atom is 0.181 e. The summed E-state index contributed by atoms with van der Waals surface area (Å²) in [5.74, 6) is 3.30. The van der Waals surface area contributed by atoms with Gasteiger partial charge in [0.05, 0.1) is 8.07 Å². The van der Waals surface area contributed by atoms with E-state index in [9.17, 15) is 4.79 Å². The van der Waals surface area contributed by atoms with Gasteiger partial charge in [0.2, 0.25) is 0 Å². The molecule has 0 spiro atoms. The third-order valence-corrected chi connectivity index (χ3v) is 18.1. The van der Waals surface area contributed by atoms with E-state index in [1.165, 1.54) is 30.9 Å². The Morgan fingerprint density at radius 2 is 1.43 bits per heavy atom. The van der Waals surface area contributed by atoms with Gasteiger partial charge in [0.15, 0.2) is 5.78 Å². The first-order valence-electron chi connectivity index (χ1n) is 11.8. The molecule has 1 saturated carbocycles. The van der Waals surface area contributed by atoms with E-state index in [-0.39, 0.29) is 4.08 Å². The van der Waals surface area contributed by atoms with Crippen LogP contribution in [-0.2, 0) is 4.79 Å². The van der Waals surface area contributed by atoms with Crippen molar-refractivity contribution in [1.29, 1.82) is 0 Å². The lowest BCUT2D eigenvalue weighted by molar-refractivity contribution is -0.115. The normalized spacial score (nSPS) is 22.7. The van der Waals surface area contributed by atoms with Crippen molar-refractivity contribution < 1.29 is 4.79 Å². The van der Waals surface area contributed by atoms with E-state index >= 15 is 0 Å². The maximum atomic E-state index is 14.5. The molecule has 0 aliphatic heterocycles. The number of ketones is 1. The Morgan fingerprint density at radius 3 is 1.86 bits per heavy atom. The fraction of sp³-hybridized carbons (Fsp3) is 0.875. The number of thioether (sulfide) groups is 2. The lowest BCUT2D eigenvalue weighted by Gasteiger charge is -2.45. The fourth-order valence-electron chi connectivity index (χ4n) is 6.43. The van der Waals surface area contributed by atoms with Gasteiger partial charge < -0.3 is 0 Å². The quantitative estimate of drug-likeness (QED) is 0.251. The van der Waals surface area contributed by atoms with Crippen molar-refractivity contribution in [1.82, 2.24) is 0 Å². The summed E-state index contributed by atoms with van der Waals surface area (Å²) >= 11 is 4.03. The molecule has 0 amide bonds. The van der Waals surface area contributed by atoms with Crippen LogP contribution in [0, 0.1) is 5.92 Å². The lowest BCUT2D eigenvalue weighted by atomic mass is 9.85. The molecule has 28 heavy (non-hydrogen) atoms. The monoisotopic (exact) mass is 440 g/mol. The number of fused-ring (bicyclic) bond motifs is 1. The van der Waals surface area contributed by atoms with Crippen molar-refractivity contribution >= 4 is 37.4 Å². The zero-order chi connectivity index (χ0) is 21.1. The molecule has 0 aromatic carbocycles. The van der Waals surface area contributed by atoms with Gasteiger partial charge in [-0.05, 0) is 65.4 Å². The molecule has 0 heterocycles. The van der Waals surface area contributed by atoms with E-state index < -0.39 is 8.07 Å². The summed E-state index contributed by atoms with van der Waals surface area (Å²) in [5.41, 5.74) is 3.48. The van der Waals surface area contributed by atoms with E-state index in [4.69, 9.17) is 0 Å². The van der Waals surface area contributed by atoms with Gasteiger partial charge in [0.1, 0.15) is 4.08 Å². The van der Waals surface area contributed by atoms with Gasteiger partial charge in [0, 0.05) is 5.92 Å². The van der Waals surface area contributed by atoms with Crippen molar-refractivity contribution in [3.05, 3.63) is 10.8 Å². The SMILES string of the molecule is CCCSC1(SCCC)C(=O)C([Si](C(C)C)(C(C)C)C(C)C)=C2CCCCC21. The predicted molar refractivity (Wildman–Crippen MR) is 133 cm³/mol. The van der Waals surface area contributed by atoms with Crippen LogP contribution in [0.25, 0.3) is 0 Å². The van der Waals surface area contributed by atoms with Gasteiger partial charge in [-0.15, -0.1) is 23.5 Å². The number of hydrogen-bond donors (Lipinski definition) is 0. The third kappa shape index (κ3) is 3.96. The molecule has 1 fully saturated rings. The molecule has 0 aromatic heterocycles. The van der Waals surface area contributed by atoms with Crippen molar-refractivity contribution in [3.8, 4) is 0 Å². The van der Waals surface area contributed by atoms with Crippen LogP contribution in [0.15, 0.2) is 10.8 Å². The Kier molecular flexibility index (Phi) is 8.86. The summed E-state index contributed by atoms with van der Waals surface area (Å²) in [6.45, 7) is 19.0. The molecule has 4 heteroatoms. The standard InChI is InChI=1S/C24H44OS2Si/c1-9-15-26-24(27-16-10-2)21-14-12-11-13-20(21)22(23(24)25)28(17(3)4,18(5)6)19(7)8/h17-19,21H,9-16H2,1-8H3. The van der Waals surface area contributed by atoms with E-state index in [0.29, 0.717) is 28.3 Å². The fourth-order valence-corrected chi connectivity index (χ4v) is 17.0. The summed E-state index contributed by atoms with van der Waals surface area (Å²) in [4.78, 5) is 14.5. The average Bonchev–Trinajstić information content (AvgIpc) is 2.88. The molecule has 0 bridgehead atoms. The molecule has 0 aromatic rings. The maximum absolute atomic E-state index is 14.5. The van der Waals surface area contributed by atoms with E-state index in [0.717, 1.165) is 24.3 Å². The summed E-state index contributed by atoms with van der Waals surface area (Å²) in [6.07, 6.45) is 7.32. The zero-order valence-electron chi connectivity index (χ0n) is 19.7. The Labute approximate surface area is 184 Å². The molecule has 2 aliphatic carbocycles. The van der Waals surface area contributed by atoms with Crippen LogP contribution in [0.1, 0.15) is 93.9 Å². The number of carbonyl (C=O) groups is 1. The highest BCUT2D eigenvalue weighted by Crippen LogP contribution is 2.62. The number of allylic oxidation sites excluding steroid dienone is 2. The van der Waals surface area contributed by atoms with Gasteiger partial charge in [-0.3, -0.25) is 4.79 Å². The Balaban J connectivity index is 2.69. The van der Waals surface area contributed by atoms with Gasteiger partial charge >= 0.3 is 0 Å². The summed E-state index contributed by atoms with van der Waals surface area (Å²) in [7, 11) is -1.93. The van der Waals surface area contributed by atoms with Crippen molar-refractivity contribution in [3.63, 3.8) is 0 Å². The molecule has 1 nitrogen and oxygen atoms in total. The molecule has 0 N–H and O–H groups in total. The highest BCUT2D eigenvalue weighted by atomic mass is 32.2. The van der Waals surface area contributed by atoms with E-state index in [1.807, 2.05) is 23.5 Å². The lowest BCUT2D eigenvalue weighted by Crippen LogP contribution is -2.50. The predicted octanol–water partition coefficient (Wildman–Crippen LogP) is 8.26. The first kappa shape index (κ1) is 24.6. The van der Waals surface area contributed by atoms with E-state index in [1.54, 1.807) is 5.57 Å². The minimum atomic E-state index is -1.93. The Bertz CT molecular complexity index is 549. The van der Waals surface area contributed by atoms with Crippen LogP contribution < -0.4 is 0 Å². The Morgan fingerprint density at radius 1 is 0.929 bits per heavy atom. The number of Topliss-reactive ketones (excluding diaryl/α,β-unsaturated/α-hetero) is 1. The number of carbonyl (C=O) groups excluding carboxylic acids is 1. The van der Waals surface area contributed by atoms with Crippen molar-refractivity contribution in [2.75, 3.05) is 11.5 Å². The van der Waals surface area contributed by atoms with Crippen LogP contribution in [0.3, 0.4) is 0 Å². The minimum absolute atomic E-state index is 0.214. The molecule has 1 unspecified atom stereocenters.